The molecule has 1 aromatic carbocycles. The Bertz CT molecular complexity index is 634. The molecule has 0 radical (unpaired) electrons. The first-order valence-electron chi connectivity index (χ1n) is 5.79. The summed E-state index contributed by atoms with van der Waals surface area (Å²) < 4.78 is 5.26. The second kappa shape index (κ2) is 7.36. The predicted octanol–water partition coefficient (Wildman–Crippen LogP) is 3.50. The summed E-state index contributed by atoms with van der Waals surface area (Å²) in [4.78, 5) is 14.5. The summed E-state index contributed by atoms with van der Waals surface area (Å²) in [7, 11) is 0. The van der Waals surface area contributed by atoms with E-state index in [-0.39, 0.29) is 22.4 Å². The van der Waals surface area contributed by atoms with Crippen molar-refractivity contribution in [1.29, 1.82) is 0 Å². The van der Waals surface area contributed by atoms with Crippen LogP contribution in [-0.4, -0.2) is 23.7 Å². The highest BCUT2D eigenvalue weighted by molar-refractivity contribution is 6.40. The van der Waals surface area contributed by atoms with Crippen LogP contribution in [0.2, 0.25) is 15.1 Å². The molecule has 1 heterocycles. The number of amides is 1. The molecular weight excluding hydrogens is 337 g/mol. The number of hydrogen-bond acceptors (Lipinski definition) is 3. The summed E-state index contributed by atoms with van der Waals surface area (Å²) in [6.45, 7) is -0.275. The maximum Gasteiger partial charge on any atom is 0.277 e. The zero-order chi connectivity index (χ0) is 15.2. The Kier molecular flexibility index (Phi) is 5.50. The van der Waals surface area contributed by atoms with Gasteiger partial charge in [0.25, 0.3) is 5.91 Å². The standard InChI is InChI=1S/C13H10Cl3N3O2/c14-8-4-10(15)13(11(16)5-8)21-7-12(20)19-18-6-9-2-1-3-17-9/h1-6,17H,7H2,(H,19,20)/b18-6+. The van der Waals surface area contributed by atoms with Gasteiger partial charge in [0.2, 0.25) is 0 Å². The van der Waals surface area contributed by atoms with Crippen LogP contribution in [-0.2, 0) is 4.79 Å². The Morgan fingerprint density at radius 3 is 2.67 bits per heavy atom. The molecule has 1 amide bonds. The quantitative estimate of drug-likeness (QED) is 0.643. The first-order chi connectivity index (χ1) is 10.1. The molecular formula is C13H10Cl3N3O2. The minimum atomic E-state index is -0.445. The molecule has 2 rings (SSSR count). The predicted molar refractivity (Wildman–Crippen MR) is 83.5 cm³/mol. The van der Waals surface area contributed by atoms with Gasteiger partial charge in [-0.2, -0.15) is 5.10 Å². The van der Waals surface area contributed by atoms with E-state index < -0.39 is 5.91 Å². The molecule has 0 saturated carbocycles. The van der Waals surface area contributed by atoms with E-state index in [4.69, 9.17) is 39.5 Å². The Hall–Kier alpha value is -1.69. The summed E-state index contributed by atoms with van der Waals surface area (Å²) in [5, 5.41) is 4.61. The van der Waals surface area contributed by atoms with Crippen molar-refractivity contribution in [2.24, 2.45) is 5.10 Å². The Morgan fingerprint density at radius 2 is 2.05 bits per heavy atom. The topological polar surface area (TPSA) is 66.5 Å². The van der Waals surface area contributed by atoms with Gasteiger partial charge in [-0.25, -0.2) is 5.43 Å². The number of rotatable bonds is 5. The number of hydrazone groups is 1. The minimum absolute atomic E-state index is 0.200. The molecule has 0 aliphatic rings. The van der Waals surface area contributed by atoms with E-state index >= 15 is 0 Å². The molecule has 0 atom stereocenters. The van der Waals surface area contributed by atoms with Crippen LogP contribution in [0.5, 0.6) is 5.75 Å². The van der Waals surface area contributed by atoms with Crippen LogP contribution in [0.25, 0.3) is 0 Å². The monoisotopic (exact) mass is 345 g/mol. The molecule has 0 spiro atoms. The lowest BCUT2D eigenvalue weighted by Crippen LogP contribution is -2.24. The van der Waals surface area contributed by atoms with E-state index in [0.29, 0.717) is 5.02 Å². The summed E-state index contributed by atoms with van der Waals surface area (Å²) in [6.07, 6.45) is 3.22. The molecule has 110 valence electrons. The maximum absolute atomic E-state index is 11.6. The van der Waals surface area contributed by atoms with Crippen LogP contribution >= 0.6 is 34.8 Å². The molecule has 0 unspecified atom stereocenters. The van der Waals surface area contributed by atoms with E-state index in [1.807, 2.05) is 6.07 Å². The first-order valence-corrected chi connectivity index (χ1v) is 6.92. The maximum atomic E-state index is 11.6. The van der Waals surface area contributed by atoms with E-state index in [1.165, 1.54) is 18.3 Å². The van der Waals surface area contributed by atoms with Crippen molar-refractivity contribution >= 4 is 46.9 Å². The third-order valence-electron chi connectivity index (χ3n) is 2.33. The number of ether oxygens (including phenoxy) is 1. The average Bonchev–Trinajstić information content (AvgIpc) is 2.90. The number of hydrogen-bond donors (Lipinski definition) is 2. The fraction of sp³-hybridized carbons (Fsp3) is 0.0769. The van der Waals surface area contributed by atoms with Crippen molar-refractivity contribution in [3.05, 3.63) is 51.2 Å². The highest BCUT2D eigenvalue weighted by Gasteiger charge is 2.11. The summed E-state index contributed by atoms with van der Waals surface area (Å²) in [5.74, 6) is -0.244. The van der Waals surface area contributed by atoms with Crippen molar-refractivity contribution in [3.63, 3.8) is 0 Å². The van der Waals surface area contributed by atoms with Crippen LogP contribution in [0.3, 0.4) is 0 Å². The molecule has 1 aromatic heterocycles. The molecule has 5 nitrogen and oxygen atoms in total. The van der Waals surface area contributed by atoms with Crippen molar-refractivity contribution < 1.29 is 9.53 Å². The number of carbonyl (C=O) groups is 1. The number of H-pyrrole nitrogens is 1. The number of nitrogens with one attached hydrogen (secondary N) is 2. The van der Waals surface area contributed by atoms with Gasteiger partial charge in [-0.1, -0.05) is 34.8 Å². The third kappa shape index (κ3) is 4.67. The van der Waals surface area contributed by atoms with E-state index in [1.54, 1.807) is 12.3 Å². The Labute approximate surface area is 135 Å². The van der Waals surface area contributed by atoms with Gasteiger partial charge in [-0.15, -0.1) is 0 Å². The third-order valence-corrected chi connectivity index (χ3v) is 3.11. The van der Waals surface area contributed by atoms with Crippen molar-refractivity contribution in [2.45, 2.75) is 0 Å². The van der Waals surface area contributed by atoms with Crippen molar-refractivity contribution in [2.75, 3.05) is 6.61 Å². The first kappa shape index (κ1) is 15.7. The Morgan fingerprint density at radius 1 is 1.33 bits per heavy atom. The van der Waals surface area contributed by atoms with Gasteiger partial charge in [0.05, 0.1) is 22.0 Å². The fourth-order valence-corrected chi connectivity index (χ4v) is 2.36. The van der Waals surface area contributed by atoms with Gasteiger partial charge in [0.15, 0.2) is 12.4 Å². The normalized spacial score (nSPS) is 10.8. The number of aromatic nitrogens is 1. The van der Waals surface area contributed by atoms with Crippen molar-refractivity contribution in [1.82, 2.24) is 10.4 Å². The SMILES string of the molecule is O=C(COc1c(Cl)cc(Cl)cc1Cl)N/N=C/c1ccc[nH]1. The lowest BCUT2D eigenvalue weighted by molar-refractivity contribution is -0.123. The summed E-state index contributed by atoms with van der Waals surface area (Å²) >= 11 is 17.6. The van der Waals surface area contributed by atoms with Gasteiger partial charge in [0, 0.05) is 11.2 Å². The summed E-state index contributed by atoms with van der Waals surface area (Å²) in [6, 6.07) is 6.58. The largest absolute Gasteiger partial charge is 0.481 e. The molecule has 2 aromatic rings. The van der Waals surface area contributed by atoms with E-state index in [9.17, 15) is 4.79 Å². The second-order valence-corrected chi connectivity index (χ2v) is 5.16. The second-order valence-electron chi connectivity index (χ2n) is 3.91. The zero-order valence-electron chi connectivity index (χ0n) is 10.6. The number of aromatic amines is 1. The van der Waals surface area contributed by atoms with Crippen LogP contribution in [0, 0.1) is 0 Å². The van der Waals surface area contributed by atoms with Gasteiger partial charge < -0.3 is 9.72 Å². The smallest absolute Gasteiger partial charge is 0.277 e. The summed E-state index contributed by atoms with van der Waals surface area (Å²) in [5.41, 5.74) is 3.08. The van der Waals surface area contributed by atoms with Crippen LogP contribution < -0.4 is 10.2 Å². The van der Waals surface area contributed by atoms with Crippen LogP contribution in [0.4, 0.5) is 0 Å². The van der Waals surface area contributed by atoms with Crippen LogP contribution in [0.15, 0.2) is 35.6 Å². The molecule has 21 heavy (non-hydrogen) atoms. The molecule has 8 heteroatoms. The fourth-order valence-electron chi connectivity index (χ4n) is 1.44. The van der Waals surface area contributed by atoms with E-state index in [0.717, 1.165) is 5.69 Å². The minimum Gasteiger partial charge on any atom is -0.481 e. The highest BCUT2D eigenvalue weighted by atomic mass is 35.5. The highest BCUT2D eigenvalue weighted by Crippen LogP contribution is 2.35. The van der Waals surface area contributed by atoms with Gasteiger partial charge >= 0.3 is 0 Å². The van der Waals surface area contributed by atoms with Gasteiger partial charge in [0.1, 0.15) is 0 Å². The number of nitrogens with zero attached hydrogens (tertiary/aromatic N) is 1. The average molecular weight is 347 g/mol. The lowest BCUT2D eigenvalue weighted by Gasteiger charge is -2.09. The van der Waals surface area contributed by atoms with Crippen molar-refractivity contribution in [3.8, 4) is 5.75 Å². The Balaban J connectivity index is 1.87. The number of benzene rings is 1. The zero-order valence-corrected chi connectivity index (χ0v) is 12.8. The van der Waals surface area contributed by atoms with Gasteiger partial charge in [-0.3, -0.25) is 4.79 Å². The molecule has 0 fully saturated rings. The van der Waals surface area contributed by atoms with Crippen LogP contribution in [0.1, 0.15) is 5.69 Å². The molecule has 2 N–H and O–H groups in total. The number of carbonyl (C=O) groups excluding carboxylic acids is 1. The van der Waals surface area contributed by atoms with E-state index in [2.05, 4.69) is 15.5 Å². The lowest BCUT2D eigenvalue weighted by atomic mass is 10.3. The van der Waals surface area contributed by atoms with Gasteiger partial charge in [-0.05, 0) is 24.3 Å². The molecule has 0 bridgehead atoms. The number of halogens is 3. The molecule has 0 aliphatic carbocycles. The molecule has 0 aliphatic heterocycles. The molecule has 0 saturated heterocycles.